The topological polar surface area (TPSA) is 45.5 Å². The first-order valence-corrected chi connectivity index (χ1v) is 6.16. The van der Waals surface area contributed by atoms with E-state index in [1.54, 1.807) is 27.7 Å². The van der Waals surface area contributed by atoms with Gasteiger partial charge in [-0.2, -0.15) is 0 Å². The largest absolute Gasteiger partial charge is 0.493 e. The van der Waals surface area contributed by atoms with Crippen LogP contribution < -0.4 is 14.2 Å². The number of hydrogen-bond acceptors (Lipinski definition) is 4. The smallest absolute Gasteiger partial charge is 0.203 e. The van der Waals surface area contributed by atoms with Gasteiger partial charge in [0.2, 0.25) is 5.75 Å². The molecular weight excluding hydrogens is 268 g/mol. The van der Waals surface area contributed by atoms with Gasteiger partial charge in [-0.05, 0) is 0 Å². The van der Waals surface area contributed by atoms with Crippen molar-refractivity contribution in [3.8, 4) is 22.9 Å². The lowest BCUT2D eigenvalue weighted by Gasteiger charge is -2.14. The number of ether oxygens (including phenoxy) is 3. The minimum absolute atomic E-state index is 0.372. The predicted octanol–water partition coefficient (Wildman–Crippen LogP) is 2.64. The maximum atomic E-state index is 5.75. The van der Waals surface area contributed by atoms with Crippen LogP contribution in [0.1, 0.15) is 5.69 Å². The number of methoxy groups -OCH3 is 3. The fourth-order valence-electron chi connectivity index (χ4n) is 1.79. The molecule has 0 aliphatic rings. The zero-order valence-corrected chi connectivity index (χ0v) is 11.8. The summed E-state index contributed by atoms with van der Waals surface area (Å²) in [6, 6.07) is 3.70. The first-order valence-electron chi connectivity index (χ1n) is 5.62. The van der Waals surface area contributed by atoms with E-state index in [0.717, 1.165) is 11.4 Å². The second kappa shape index (κ2) is 5.84. The average molecular weight is 283 g/mol. The lowest BCUT2D eigenvalue weighted by Crippen LogP contribution is -1.98. The highest BCUT2D eigenvalue weighted by atomic mass is 35.5. The van der Waals surface area contributed by atoms with E-state index in [1.807, 2.05) is 22.9 Å². The van der Waals surface area contributed by atoms with Gasteiger partial charge in [0, 0.05) is 18.3 Å². The minimum atomic E-state index is 0.372. The van der Waals surface area contributed by atoms with Gasteiger partial charge in [0.1, 0.15) is 0 Å². The zero-order valence-electron chi connectivity index (χ0n) is 11.0. The second-order valence-corrected chi connectivity index (χ2v) is 4.06. The highest BCUT2D eigenvalue weighted by molar-refractivity contribution is 6.16. The van der Waals surface area contributed by atoms with Gasteiger partial charge in [-0.15, -0.1) is 11.6 Å². The number of halogens is 1. The Hall–Kier alpha value is -1.88. The van der Waals surface area contributed by atoms with Crippen LogP contribution in [0.2, 0.25) is 0 Å². The summed E-state index contributed by atoms with van der Waals surface area (Å²) >= 11 is 5.75. The highest BCUT2D eigenvalue weighted by Crippen LogP contribution is 2.39. The Labute approximate surface area is 116 Å². The molecular formula is C13H15ClN2O3. The molecule has 0 radical (unpaired) electrons. The normalized spacial score (nSPS) is 10.3. The van der Waals surface area contributed by atoms with E-state index >= 15 is 0 Å². The molecule has 2 rings (SSSR count). The van der Waals surface area contributed by atoms with Crippen LogP contribution >= 0.6 is 11.6 Å². The maximum Gasteiger partial charge on any atom is 0.203 e. The number of rotatable bonds is 5. The highest BCUT2D eigenvalue weighted by Gasteiger charge is 2.14. The van der Waals surface area contributed by atoms with Crippen LogP contribution in [0.5, 0.6) is 17.2 Å². The van der Waals surface area contributed by atoms with E-state index in [9.17, 15) is 0 Å². The van der Waals surface area contributed by atoms with E-state index in [2.05, 4.69) is 4.98 Å². The van der Waals surface area contributed by atoms with Crippen molar-refractivity contribution in [2.45, 2.75) is 5.88 Å². The third kappa shape index (κ3) is 2.61. The maximum absolute atomic E-state index is 5.75. The van der Waals surface area contributed by atoms with Gasteiger partial charge in [0.25, 0.3) is 0 Å². The minimum Gasteiger partial charge on any atom is -0.493 e. The Balaban J connectivity index is 2.51. The Morgan fingerprint density at radius 2 is 1.74 bits per heavy atom. The zero-order chi connectivity index (χ0) is 13.8. The summed E-state index contributed by atoms with van der Waals surface area (Å²) < 4.78 is 17.7. The van der Waals surface area contributed by atoms with Crippen LogP contribution in [0, 0.1) is 0 Å². The Bertz CT molecular complexity index is 544. The molecule has 2 aromatic rings. The molecule has 1 aromatic carbocycles. The lowest BCUT2D eigenvalue weighted by atomic mass is 10.2. The van der Waals surface area contributed by atoms with Crippen molar-refractivity contribution in [3.05, 3.63) is 30.4 Å². The summed E-state index contributed by atoms with van der Waals surface area (Å²) in [5.74, 6) is 2.12. The Kier molecular flexibility index (Phi) is 4.16. The van der Waals surface area contributed by atoms with E-state index in [0.29, 0.717) is 23.1 Å². The number of imidazole rings is 1. The van der Waals surface area contributed by atoms with Gasteiger partial charge in [-0.1, -0.05) is 0 Å². The molecule has 0 fully saturated rings. The molecule has 0 amide bonds. The van der Waals surface area contributed by atoms with Crippen LogP contribution in [-0.4, -0.2) is 30.9 Å². The van der Waals surface area contributed by atoms with E-state index in [-0.39, 0.29) is 0 Å². The number of alkyl halides is 1. The summed E-state index contributed by atoms with van der Waals surface area (Å²) in [5.41, 5.74) is 1.66. The van der Waals surface area contributed by atoms with Gasteiger partial charge in [0.15, 0.2) is 11.5 Å². The molecule has 19 heavy (non-hydrogen) atoms. The molecule has 0 aliphatic heterocycles. The monoisotopic (exact) mass is 282 g/mol. The SMILES string of the molecule is COc1cc(-n2cnc(CCl)c2)cc(OC)c1OC. The van der Waals surface area contributed by atoms with Gasteiger partial charge < -0.3 is 18.8 Å². The van der Waals surface area contributed by atoms with Crippen molar-refractivity contribution in [2.24, 2.45) is 0 Å². The second-order valence-electron chi connectivity index (χ2n) is 3.79. The molecule has 0 aliphatic carbocycles. The van der Waals surface area contributed by atoms with Crippen molar-refractivity contribution >= 4 is 11.6 Å². The molecule has 0 bridgehead atoms. The van der Waals surface area contributed by atoms with E-state index in [1.165, 1.54) is 0 Å². The average Bonchev–Trinajstić information content (AvgIpc) is 2.94. The van der Waals surface area contributed by atoms with Crippen molar-refractivity contribution in [2.75, 3.05) is 21.3 Å². The summed E-state index contributed by atoms with van der Waals surface area (Å²) in [7, 11) is 4.74. The molecule has 5 nitrogen and oxygen atoms in total. The fraction of sp³-hybridized carbons (Fsp3) is 0.308. The van der Waals surface area contributed by atoms with Crippen LogP contribution in [0.25, 0.3) is 5.69 Å². The molecule has 0 atom stereocenters. The van der Waals surface area contributed by atoms with Crippen molar-refractivity contribution in [1.29, 1.82) is 0 Å². The van der Waals surface area contributed by atoms with Gasteiger partial charge in [-0.3, -0.25) is 0 Å². The van der Waals surface area contributed by atoms with Crippen molar-refractivity contribution in [1.82, 2.24) is 9.55 Å². The lowest BCUT2D eigenvalue weighted by molar-refractivity contribution is 0.324. The summed E-state index contributed by atoms with van der Waals surface area (Å²) in [5, 5.41) is 0. The Morgan fingerprint density at radius 1 is 1.11 bits per heavy atom. The molecule has 6 heteroatoms. The first-order chi connectivity index (χ1) is 9.23. The van der Waals surface area contributed by atoms with Crippen LogP contribution in [0.3, 0.4) is 0 Å². The molecule has 0 N–H and O–H groups in total. The third-order valence-electron chi connectivity index (χ3n) is 2.72. The predicted molar refractivity (Wildman–Crippen MR) is 72.8 cm³/mol. The number of aromatic nitrogens is 2. The standard InChI is InChI=1S/C13H15ClN2O3/c1-17-11-4-10(5-12(18-2)13(11)19-3)16-7-9(6-14)15-8-16/h4-5,7-8H,6H2,1-3H3. The summed E-state index contributed by atoms with van der Waals surface area (Å²) in [4.78, 5) is 4.18. The van der Waals surface area contributed by atoms with E-state index < -0.39 is 0 Å². The molecule has 0 saturated heterocycles. The van der Waals surface area contributed by atoms with Crippen LogP contribution in [0.4, 0.5) is 0 Å². The Morgan fingerprint density at radius 3 is 2.16 bits per heavy atom. The van der Waals surface area contributed by atoms with Gasteiger partial charge >= 0.3 is 0 Å². The molecule has 0 unspecified atom stereocenters. The van der Waals surface area contributed by atoms with Gasteiger partial charge in [0.05, 0.1) is 44.9 Å². The quantitative estimate of drug-likeness (QED) is 0.791. The van der Waals surface area contributed by atoms with Crippen LogP contribution in [0.15, 0.2) is 24.7 Å². The number of hydrogen-bond donors (Lipinski definition) is 0. The molecule has 102 valence electrons. The molecule has 0 spiro atoms. The van der Waals surface area contributed by atoms with Gasteiger partial charge in [-0.25, -0.2) is 4.98 Å². The molecule has 0 saturated carbocycles. The van der Waals surface area contributed by atoms with Crippen LogP contribution in [-0.2, 0) is 5.88 Å². The molecule has 1 heterocycles. The van der Waals surface area contributed by atoms with Crippen molar-refractivity contribution < 1.29 is 14.2 Å². The number of nitrogens with zero attached hydrogens (tertiary/aromatic N) is 2. The molecule has 1 aromatic heterocycles. The van der Waals surface area contributed by atoms with Crippen molar-refractivity contribution in [3.63, 3.8) is 0 Å². The number of benzene rings is 1. The first kappa shape index (κ1) is 13.5. The summed E-state index contributed by atoms with van der Waals surface area (Å²) in [6.45, 7) is 0. The van der Waals surface area contributed by atoms with E-state index in [4.69, 9.17) is 25.8 Å². The fourth-order valence-corrected chi connectivity index (χ4v) is 1.93. The summed E-state index contributed by atoms with van der Waals surface area (Å²) in [6.07, 6.45) is 3.55. The third-order valence-corrected chi connectivity index (χ3v) is 2.99.